The molecule has 1 atom stereocenters. The Labute approximate surface area is 138 Å². The van der Waals surface area contributed by atoms with Crippen molar-refractivity contribution in [3.63, 3.8) is 0 Å². The molecule has 3 heterocycles. The molecule has 3 aromatic rings. The van der Waals surface area contributed by atoms with Crippen molar-refractivity contribution in [2.24, 2.45) is 5.10 Å². The number of hydrogen-bond donors (Lipinski definition) is 0. The van der Waals surface area contributed by atoms with Gasteiger partial charge in [0.15, 0.2) is 0 Å². The molecule has 23 heavy (non-hydrogen) atoms. The van der Waals surface area contributed by atoms with E-state index < -0.39 is 0 Å². The first-order valence-electron chi connectivity index (χ1n) is 7.43. The van der Waals surface area contributed by atoms with Crippen LogP contribution in [0.2, 0.25) is 0 Å². The molecule has 0 bridgehead atoms. The van der Waals surface area contributed by atoms with Crippen LogP contribution in [0.3, 0.4) is 0 Å². The molecule has 0 aliphatic carbocycles. The van der Waals surface area contributed by atoms with Crippen molar-refractivity contribution in [2.75, 3.05) is 0 Å². The summed E-state index contributed by atoms with van der Waals surface area (Å²) < 4.78 is 3.57. The Bertz CT molecular complexity index is 893. The van der Waals surface area contributed by atoms with Crippen LogP contribution in [0.4, 0.5) is 0 Å². The second-order valence-corrected chi connectivity index (χ2v) is 6.85. The average molecular weight is 324 g/mol. The lowest BCUT2D eigenvalue weighted by Crippen LogP contribution is -2.22. The van der Waals surface area contributed by atoms with E-state index in [9.17, 15) is 0 Å². The molecule has 1 unspecified atom stereocenters. The molecule has 1 aliphatic heterocycles. The molecule has 0 N–H and O–H groups in total. The quantitative estimate of drug-likeness (QED) is 0.727. The first-order chi connectivity index (χ1) is 11.1. The molecule has 116 valence electrons. The number of hydrogen-bond acceptors (Lipinski definition) is 5. The van der Waals surface area contributed by atoms with Crippen molar-refractivity contribution >= 4 is 17.5 Å². The van der Waals surface area contributed by atoms with E-state index in [2.05, 4.69) is 34.4 Å². The summed E-state index contributed by atoms with van der Waals surface area (Å²) in [5.41, 5.74) is 4.10. The van der Waals surface area contributed by atoms with Crippen LogP contribution in [0.25, 0.3) is 5.95 Å². The standard InChI is InChI=1S/C16H16N6S/c1-10-9-11(2)21(19-10)15-17-18-16-22(15)20-14(12(3)23-16)13-7-5-4-6-8-13/h4-9,12H,1-3H3. The molecule has 4 rings (SSSR count). The minimum Gasteiger partial charge on any atom is -0.202 e. The highest BCUT2D eigenvalue weighted by molar-refractivity contribution is 8.00. The van der Waals surface area contributed by atoms with Crippen LogP contribution in [-0.4, -0.2) is 35.6 Å². The zero-order valence-corrected chi connectivity index (χ0v) is 13.9. The summed E-state index contributed by atoms with van der Waals surface area (Å²) in [6.07, 6.45) is 0. The maximum atomic E-state index is 4.81. The van der Waals surface area contributed by atoms with Gasteiger partial charge >= 0.3 is 0 Å². The molecule has 7 heteroatoms. The molecule has 2 aromatic heterocycles. The highest BCUT2D eigenvalue weighted by Gasteiger charge is 2.26. The Morgan fingerprint density at radius 2 is 1.87 bits per heavy atom. The van der Waals surface area contributed by atoms with Crippen LogP contribution in [0.5, 0.6) is 0 Å². The summed E-state index contributed by atoms with van der Waals surface area (Å²) in [5.74, 6) is 0.624. The van der Waals surface area contributed by atoms with Crippen molar-refractivity contribution in [1.29, 1.82) is 0 Å². The fourth-order valence-electron chi connectivity index (χ4n) is 2.69. The Morgan fingerprint density at radius 1 is 1.09 bits per heavy atom. The van der Waals surface area contributed by atoms with Crippen LogP contribution >= 0.6 is 11.8 Å². The van der Waals surface area contributed by atoms with E-state index >= 15 is 0 Å². The highest BCUT2D eigenvalue weighted by atomic mass is 32.2. The van der Waals surface area contributed by atoms with Gasteiger partial charge in [-0.15, -0.1) is 10.2 Å². The lowest BCUT2D eigenvalue weighted by Gasteiger charge is -2.19. The number of rotatable bonds is 2. The second-order valence-electron chi connectivity index (χ2n) is 5.54. The maximum Gasteiger partial charge on any atom is 0.274 e. The Hall–Kier alpha value is -2.41. The van der Waals surface area contributed by atoms with Crippen LogP contribution in [0.15, 0.2) is 46.7 Å². The van der Waals surface area contributed by atoms with E-state index in [1.54, 1.807) is 21.1 Å². The molecular formula is C16H16N6S. The summed E-state index contributed by atoms with van der Waals surface area (Å²) in [6.45, 7) is 6.10. The van der Waals surface area contributed by atoms with Crippen molar-refractivity contribution in [1.82, 2.24) is 24.7 Å². The minimum absolute atomic E-state index is 0.224. The number of nitrogens with zero attached hydrogens (tertiary/aromatic N) is 6. The summed E-state index contributed by atoms with van der Waals surface area (Å²) in [5, 5.41) is 18.9. The van der Waals surface area contributed by atoms with E-state index in [1.165, 1.54) is 0 Å². The van der Waals surface area contributed by atoms with Gasteiger partial charge in [0.05, 0.1) is 16.7 Å². The molecule has 6 nitrogen and oxygen atoms in total. The van der Waals surface area contributed by atoms with Crippen molar-refractivity contribution in [3.05, 3.63) is 53.3 Å². The van der Waals surface area contributed by atoms with Crippen LogP contribution in [0, 0.1) is 13.8 Å². The third-order valence-electron chi connectivity index (χ3n) is 3.74. The van der Waals surface area contributed by atoms with Crippen LogP contribution in [-0.2, 0) is 0 Å². The fraction of sp³-hybridized carbons (Fsp3) is 0.250. The summed E-state index contributed by atoms with van der Waals surface area (Å²) in [7, 11) is 0. The predicted octanol–water partition coefficient (Wildman–Crippen LogP) is 2.83. The molecular weight excluding hydrogens is 308 g/mol. The zero-order valence-electron chi connectivity index (χ0n) is 13.1. The lowest BCUT2D eigenvalue weighted by atomic mass is 10.1. The molecule has 0 amide bonds. The third kappa shape index (κ3) is 2.37. The monoisotopic (exact) mass is 324 g/mol. The van der Waals surface area contributed by atoms with Crippen molar-refractivity contribution < 1.29 is 0 Å². The number of aromatic nitrogens is 5. The number of benzene rings is 1. The molecule has 0 saturated heterocycles. The number of aryl methyl sites for hydroxylation is 2. The van der Waals surface area contributed by atoms with Gasteiger partial charge in [-0.1, -0.05) is 42.1 Å². The first-order valence-corrected chi connectivity index (χ1v) is 8.31. The van der Waals surface area contributed by atoms with Gasteiger partial charge in [0, 0.05) is 5.69 Å². The number of thioether (sulfide) groups is 1. The summed E-state index contributed by atoms with van der Waals surface area (Å²) in [6, 6.07) is 12.2. The van der Waals surface area contributed by atoms with E-state index in [0.717, 1.165) is 27.8 Å². The largest absolute Gasteiger partial charge is 0.274 e. The van der Waals surface area contributed by atoms with Crippen LogP contribution in [0.1, 0.15) is 23.9 Å². The van der Waals surface area contributed by atoms with Gasteiger partial charge in [0.1, 0.15) is 0 Å². The Kier molecular flexibility index (Phi) is 3.30. The predicted molar refractivity (Wildman–Crippen MR) is 90.3 cm³/mol. The van der Waals surface area contributed by atoms with E-state index in [0.29, 0.717) is 5.95 Å². The van der Waals surface area contributed by atoms with E-state index in [4.69, 9.17) is 5.10 Å². The lowest BCUT2D eigenvalue weighted by molar-refractivity contribution is 0.678. The number of fused-ring (bicyclic) bond motifs is 1. The van der Waals surface area contributed by atoms with Crippen LogP contribution < -0.4 is 0 Å². The molecule has 0 spiro atoms. The van der Waals surface area contributed by atoms with Crippen molar-refractivity contribution in [3.8, 4) is 5.95 Å². The Balaban J connectivity index is 1.86. The first kappa shape index (κ1) is 14.2. The van der Waals surface area contributed by atoms with Gasteiger partial charge in [-0.2, -0.15) is 14.9 Å². The smallest absolute Gasteiger partial charge is 0.202 e. The normalized spacial score (nSPS) is 17.0. The van der Waals surface area contributed by atoms with Gasteiger partial charge in [0.2, 0.25) is 5.16 Å². The molecule has 0 radical (unpaired) electrons. The van der Waals surface area contributed by atoms with Gasteiger partial charge in [-0.05, 0) is 32.4 Å². The zero-order chi connectivity index (χ0) is 16.0. The average Bonchev–Trinajstić information content (AvgIpc) is 3.09. The topological polar surface area (TPSA) is 60.9 Å². The van der Waals surface area contributed by atoms with E-state index in [-0.39, 0.29) is 5.25 Å². The molecule has 0 fully saturated rings. The van der Waals surface area contributed by atoms with Gasteiger partial charge in [-0.3, -0.25) is 0 Å². The third-order valence-corrected chi connectivity index (χ3v) is 4.78. The van der Waals surface area contributed by atoms with Gasteiger partial charge in [0.25, 0.3) is 5.95 Å². The molecule has 1 aliphatic rings. The SMILES string of the molecule is Cc1cc(C)n(-c2nnc3n2N=C(c2ccccc2)C(C)S3)n1. The minimum atomic E-state index is 0.224. The van der Waals surface area contributed by atoms with Gasteiger partial charge in [-0.25, -0.2) is 4.68 Å². The summed E-state index contributed by atoms with van der Waals surface area (Å²) >= 11 is 1.66. The fourth-order valence-corrected chi connectivity index (χ4v) is 3.61. The molecule has 1 aromatic carbocycles. The summed E-state index contributed by atoms with van der Waals surface area (Å²) in [4.78, 5) is 0. The highest BCUT2D eigenvalue weighted by Crippen LogP contribution is 2.30. The maximum absolute atomic E-state index is 4.81. The second kappa shape index (κ2) is 5.34. The van der Waals surface area contributed by atoms with E-state index in [1.807, 2.05) is 38.1 Å². The molecule has 0 saturated carbocycles. The van der Waals surface area contributed by atoms with Crippen molar-refractivity contribution in [2.45, 2.75) is 31.2 Å². The Morgan fingerprint density at radius 3 is 2.57 bits per heavy atom. The van der Waals surface area contributed by atoms with Gasteiger partial charge < -0.3 is 0 Å².